The van der Waals surface area contributed by atoms with Crippen LogP contribution in [0.15, 0.2) is 24.3 Å². The normalized spacial score (nSPS) is 13.4. The molecule has 0 aliphatic carbocycles. The zero-order valence-electron chi connectivity index (χ0n) is 7.91. The molecular weight excluding hydrogens is 164 g/mol. The van der Waals surface area contributed by atoms with Crippen LogP contribution in [0.5, 0.6) is 0 Å². The van der Waals surface area contributed by atoms with Gasteiger partial charge in [0.2, 0.25) is 0 Å². The summed E-state index contributed by atoms with van der Waals surface area (Å²) in [5.74, 6) is 0.608. The predicted molar refractivity (Wildman–Crippen MR) is 57.9 cm³/mol. The van der Waals surface area contributed by atoms with Crippen LogP contribution in [0.1, 0.15) is 43.1 Å². The first-order chi connectivity index (χ1) is 5.61. The molecule has 0 radical (unpaired) electrons. The van der Waals surface area contributed by atoms with E-state index in [1.54, 1.807) is 0 Å². The van der Waals surface area contributed by atoms with Crippen molar-refractivity contribution in [1.82, 2.24) is 0 Å². The van der Waals surface area contributed by atoms with Gasteiger partial charge in [-0.25, -0.2) is 0 Å². The molecule has 1 atom stereocenters. The number of benzene rings is 1. The van der Waals surface area contributed by atoms with E-state index in [0.29, 0.717) is 11.2 Å². The second-order valence-corrected chi connectivity index (χ2v) is 4.28. The molecule has 0 nitrogen and oxygen atoms in total. The van der Waals surface area contributed by atoms with Crippen LogP contribution in [0, 0.1) is 0 Å². The second-order valence-electron chi connectivity index (χ2n) is 3.50. The Balaban J connectivity index is 2.96. The fraction of sp³-hybridized carbons (Fsp3) is 0.455. The van der Waals surface area contributed by atoms with E-state index >= 15 is 0 Å². The van der Waals surface area contributed by atoms with E-state index in [9.17, 15) is 0 Å². The fourth-order valence-corrected chi connectivity index (χ4v) is 1.34. The maximum Gasteiger partial charge on any atom is 0.0238 e. The molecule has 0 saturated heterocycles. The summed E-state index contributed by atoms with van der Waals surface area (Å²) in [6.45, 7) is 6.52. The summed E-state index contributed by atoms with van der Waals surface area (Å²) in [4.78, 5) is 0. The van der Waals surface area contributed by atoms with E-state index in [-0.39, 0.29) is 0 Å². The van der Waals surface area contributed by atoms with E-state index in [1.165, 1.54) is 11.1 Å². The Morgan fingerprint density at radius 3 is 2.17 bits per heavy atom. The van der Waals surface area contributed by atoms with Crippen LogP contribution in [-0.4, -0.2) is 0 Å². The van der Waals surface area contributed by atoms with Crippen molar-refractivity contribution in [2.45, 2.75) is 31.9 Å². The van der Waals surface area contributed by atoms with Crippen molar-refractivity contribution >= 4 is 12.6 Å². The van der Waals surface area contributed by atoms with Gasteiger partial charge in [0.25, 0.3) is 0 Å². The molecule has 1 aromatic rings. The van der Waals surface area contributed by atoms with Gasteiger partial charge in [0.05, 0.1) is 0 Å². The molecular formula is C11H16S. The Bertz CT molecular complexity index is 228. The minimum Gasteiger partial charge on any atom is -0.171 e. The average molecular weight is 180 g/mol. The zero-order chi connectivity index (χ0) is 9.14. The third-order valence-corrected chi connectivity index (χ3v) is 2.36. The van der Waals surface area contributed by atoms with Gasteiger partial charge in [-0.15, -0.1) is 0 Å². The lowest BCUT2D eigenvalue weighted by Gasteiger charge is -2.09. The standard InChI is InChI=1S/C11H16S/c1-8(2)10-5-4-6-11(7-10)9(3)12/h4-9,12H,1-3H3. The first kappa shape index (κ1) is 9.66. The highest BCUT2D eigenvalue weighted by Crippen LogP contribution is 2.22. The van der Waals surface area contributed by atoms with Crippen LogP contribution in [0.25, 0.3) is 0 Å². The molecule has 0 amide bonds. The van der Waals surface area contributed by atoms with Crippen LogP contribution < -0.4 is 0 Å². The monoisotopic (exact) mass is 180 g/mol. The van der Waals surface area contributed by atoms with Gasteiger partial charge in [0.15, 0.2) is 0 Å². The van der Waals surface area contributed by atoms with Gasteiger partial charge in [-0.3, -0.25) is 0 Å². The van der Waals surface area contributed by atoms with Crippen molar-refractivity contribution in [3.63, 3.8) is 0 Å². The van der Waals surface area contributed by atoms with E-state index in [1.807, 2.05) is 0 Å². The molecule has 0 spiro atoms. The highest BCUT2D eigenvalue weighted by atomic mass is 32.1. The van der Waals surface area contributed by atoms with Gasteiger partial charge in [0.1, 0.15) is 0 Å². The smallest absolute Gasteiger partial charge is 0.0238 e. The molecule has 0 aliphatic rings. The SMILES string of the molecule is CC(C)c1cccc(C(C)S)c1. The van der Waals surface area contributed by atoms with Crippen molar-refractivity contribution in [3.8, 4) is 0 Å². The van der Waals surface area contributed by atoms with Crippen LogP contribution in [-0.2, 0) is 0 Å². The Labute approximate surface area is 80.4 Å². The first-order valence-electron chi connectivity index (χ1n) is 4.39. The lowest BCUT2D eigenvalue weighted by atomic mass is 10.00. The third kappa shape index (κ3) is 2.28. The van der Waals surface area contributed by atoms with Crippen molar-refractivity contribution in [2.24, 2.45) is 0 Å². The number of thiol groups is 1. The summed E-state index contributed by atoms with van der Waals surface area (Å²) in [7, 11) is 0. The first-order valence-corrected chi connectivity index (χ1v) is 4.91. The molecule has 0 N–H and O–H groups in total. The molecule has 0 fully saturated rings. The van der Waals surface area contributed by atoms with Crippen molar-refractivity contribution < 1.29 is 0 Å². The van der Waals surface area contributed by atoms with Crippen LogP contribution in [0.3, 0.4) is 0 Å². The maximum atomic E-state index is 4.40. The Hall–Kier alpha value is -0.430. The zero-order valence-corrected chi connectivity index (χ0v) is 8.81. The maximum absolute atomic E-state index is 4.40. The van der Waals surface area contributed by atoms with Crippen LogP contribution in [0.2, 0.25) is 0 Å². The van der Waals surface area contributed by atoms with Crippen molar-refractivity contribution in [1.29, 1.82) is 0 Å². The van der Waals surface area contributed by atoms with E-state index in [2.05, 4.69) is 57.7 Å². The molecule has 66 valence electrons. The summed E-state index contributed by atoms with van der Waals surface area (Å²) in [5, 5.41) is 0.337. The summed E-state index contributed by atoms with van der Waals surface area (Å²) in [6, 6.07) is 8.65. The van der Waals surface area contributed by atoms with Gasteiger partial charge in [-0.2, -0.15) is 12.6 Å². The summed E-state index contributed by atoms with van der Waals surface area (Å²) < 4.78 is 0. The number of hydrogen-bond donors (Lipinski definition) is 1. The molecule has 1 heteroatoms. The van der Waals surface area contributed by atoms with Gasteiger partial charge in [-0.05, 0) is 24.0 Å². The van der Waals surface area contributed by atoms with Crippen molar-refractivity contribution in [2.75, 3.05) is 0 Å². The van der Waals surface area contributed by atoms with Crippen molar-refractivity contribution in [3.05, 3.63) is 35.4 Å². The molecule has 0 heterocycles. The van der Waals surface area contributed by atoms with E-state index < -0.39 is 0 Å². The predicted octanol–water partition coefficient (Wildman–Crippen LogP) is 3.80. The summed E-state index contributed by atoms with van der Waals surface area (Å²) in [6.07, 6.45) is 0. The van der Waals surface area contributed by atoms with E-state index in [4.69, 9.17) is 0 Å². The molecule has 0 bridgehead atoms. The fourth-order valence-electron chi connectivity index (χ4n) is 1.18. The lowest BCUT2D eigenvalue weighted by Crippen LogP contribution is -1.90. The molecule has 12 heavy (non-hydrogen) atoms. The molecule has 0 aliphatic heterocycles. The minimum atomic E-state index is 0.337. The van der Waals surface area contributed by atoms with Gasteiger partial charge < -0.3 is 0 Å². The Kier molecular flexibility index (Phi) is 3.21. The Morgan fingerprint density at radius 2 is 1.67 bits per heavy atom. The summed E-state index contributed by atoms with van der Waals surface area (Å²) in [5.41, 5.74) is 2.71. The summed E-state index contributed by atoms with van der Waals surface area (Å²) >= 11 is 4.40. The minimum absolute atomic E-state index is 0.337. The molecule has 1 aromatic carbocycles. The van der Waals surface area contributed by atoms with Crippen LogP contribution in [0.4, 0.5) is 0 Å². The molecule has 1 unspecified atom stereocenters. The van der Waals surface area contributed by atoms with Gasteiger partial charge in [-0.1, -0.05) is 38.1 Å². The van der Waals surface area contributed by atoms with Crippen LogP contribution >= 0.6 is 12.6 Å². The number of hydrogen-bond acceptors (Lipinski definition) is 1. The number of rotatable bonds is 2. The van der Waals surface area contributed by atoms with Gasteiger partial charge in [0, 0.05) is 5.25 Å². The topological polar surface area (TPSA) is 0 Å². The van der Waals surface area contributed by atoms with E-state index in [0.717, 1.165) is 0 Å². The quantitative estimate of drug-likeness (QED) is 0.657. The highest BCUT2D eigenvalue weighted by molar-refractivity contribution is 7.80. The lowest BCUT2D eigenvalue weighted by molar-refractivity contribution is 0.862. The molecule has 0 aromatic heterocycles. The molecule has 1 rings (SSSR count). The average Bonchev–Trinajstić information content (AvgIpc) is 2.04. The largest absolute Gasteiger partial charge is 0.171 e. The van der Waals surface area contributed by atoms with Gasteiger partial charge >= 0.3 is 0 Å². The highest BCUT2D eigenvalue weighted by Gasteiger charge is 2.02. The Morgan fingerprint density at radius 1 is 1.08 bits per heavy atom. The second kappa shape index (κ2) is 3.99. The molecule has 0 saturated carbocycles. The third-order valence-electron chi connectivity index (χ3n) is 2.06.